The second-order valence-electron chi connectivity index (χ2n) is 4.29. The molecule has 0 atom stereocenters. The molecule has 0 aliphatic carbocycles. The Balaban J connectivity index is 2.07. The molecule has 112 valence electrons. The number of hydrogen-bond acceptors (Lipinski definition) is 5. The third-order valence-electron chi connectivity index (χ3n) is 2.53. The van der Waals surface area contributed by atoms with E-state index < -0.39 is 0 Å². The number of rotatable bonds is 6. The predicted octanol–water partition coefficient (Wildman–Crippen LogP) is 4.45. The lowest BCUT2D eigenvalue weighted by Gasteiger charge is -2.09. The van der Waals surface area contributed by atoms with Crippen LogP contribution in [0, 0.1) is 0 Å². The van der Waals surface area contributed by atoms with Crippen LogP contribution in [0.5, 0.6) is 5.88 Å². The maximum Gasteiger partial charge on any atom is 0.219 e. The normalized spacial score (nSPS) is 10.6. The van der Waals surface area contributed by atoms with Crippen molar-refractivity contribution >= 4 is 40.8 Å². The van der Waals surface area contributed by atoms with E-state index in [0.29, 0.717) is 33.5 Å². The molecule has 2 N–H and O–H groups in total. The summed E-state index contributed by atoms with van der Waals surface area (Å²) in [5, 5.41) is 1.77. The summed E-state index contributed by atoms with van der Waals surface area (Å²) < 4.78 is 5.64. The number of nitrogens with zero attached hydrogens (tertiary/aromatic N) is 2. The molecule has 0 unspecified atom stereocenters. The van der Waals surface area contributed by atoms with Gasteiger partial charge in [-0.25, -0.2) is 4.98 Å². The van der Waals surface area contributed by atoms with Gasteiger partial charge in [0.2, 0.25) is 5.88 Å². The summed E-state index contributed by atoms with van der Waals surface area (Å²) in [7, 11) is 0. The van der Waals surface area contributed by atoms with E-state index in [1.807, 2.05) is 6.07 Å². The lowest BCUT2D eigenvalue weighted by Crippen LogP contribution is -2.02. The Morgan fingerprint density at radius 1 is 1.24 bits per heavy atom. The number of hydrogen-bond donors (Lipinski definition) is 1. The second kappa shape index (κ2) is 7.73. The topological polar surface area (TPSA) is 61.0 Å². The number of nitrogens with two attached hydrogens (primary N) is 1. The van der Waals surface area contributed by atoms with Gasteiger partial charge in [-0.15, -0.1) is 0 Å². The van der Waals surface area contributed by atoms with E-state index >= 15 is 0 Å². The van der Waals surface area contributed by atoms with Gasteiger partial charge in [0, 0.05) is 27.4 Å². The monoisotopic (exact) mass is 343 g/mol. The molecule has 7 heteroatoms. The molecular formula is C14H15Cl2N3OS. The molecule has 0 saturated carbocycles. The van der Waals surface area contributed by atoms with E-state index in [4.69, 9.17) is 33.7 Å². The maximum absolute atomic E-state index is 6.10. The number of anilines is 1. The third kappa shape index (κ3) is 4.95. The van der Waals surface area contributed by atoms with Gasteiger partial charge < -0.3 is 10.5 Å². The highest BCUT2D eigenvalue weighted by molar-refractivity contribution is 7.99. The van der Waals surface area contributed by atoms with Crippen LogP contribution >= 0.6 is 35.0 Å². The van der Waals surface area contributed by atoms with Gasteiger partial charge in [0.15, 0.2) is 5.16 Å². The summed E-state index contributed by atoms with van der Waals surface area (Å²) in [6.45, 7) is 2.39. The first-order valence-corrected chi connectivity index (χ1v) is 8.16. The molecule has 0 saturated heterocycles. The summed E-state index contributed by atoms with van der Waals surface area (Å²) in [5.74, 6) is 1.76. The van der Waals surface area contributed by atoms with Crippen LogP contribution in [0.4, 0.5) is 5.82 Å². The molecule has 0 amide bonds. The highest BCUT2D eigenvalue weighted by Gasteiger charge is 2.07. The van der Waals surface area contributed by atoms with Gasteiger partial charge in [-0.1, -0.05) is 48.0 Å². The van der Waals surface area contributed by atoms with Crippen molar-refractivity contribution in [2.24, 2.45) is 0 Å². The Labute approximate surface area is 138 Å². The molecule has 1 aromatic carbocycles. The van der Waals surface area contributed by atoms with Crippen molar-refractivity contribution in [2.75, 3.05) is 11.5 Å². The summed E-state index contributed by atoms with van der Waals surface area (Å²) in [4.78, 5) is 8.48. The SMILES string of the molecule is CCCSc1nc(N)cc(OCc2ccc(Cl)cc2Cl)n1. The van der Waals surface area contributed by atoms with E-state index in [-0.39, 0.29) is 0 Å². The lowest BCUT2D eigenvalue weighted by atomic mass is 10.2. The molecule has 1 aromatic heterocycles. The van der Waals surface area contributed by atoms with Crippen LogP contribution < -0.4 is 10.5 Å². The van der Waals surface area contributed by atoms with Gasteiger partial charge in [-0.3, -0.25) is 0 Å². The van der Waals surface area contributed by atoms with E-state index in [9.17, 15) is 0 Å². The minimum absolute atomic E-state index is 0.296. The summed E-state index contributed by atoms with van der Waals surface area (Å²) in [6, 6.07) is 6.86. The molecule has 0 bridgehead atoms. The smallest absolute Gasteiger partial charge is 0.219 e. The quantitative estimate of drug-likeness (QED) is 0.620. The predicted molar refractivity (Wildman–Crippen MR) is 88.3 cm³/mol. The summed E-state index contributed by atoms with van der Waals surface area (Å²) in [6.07, 6.45) is 1.04. The minimum Gasteiger partial charge on any atom is -0.473 e. The average molecular weight is 344 g/mol. The third-order valence-corrected chi connectivity index (χ3v) is 4.17. The van der Waals surface area contributed by atoms with Crippen molar-refractivity contribution in [2.45, 2.75) is 25.1 Å². The summed E-state index contributed by atoms with van der Waals surface area (Å²) >= 11 is 13.5. The molecule has 4 nitrogen and oxygen atoms in total. The zero-order valence-corrected chi connectivity index (χ0v) is 13.8. The fourth-order valence-corrected chi connectivity index (χ4v) is 2.72. The first-order valence-electron chi connectivity index (χ1n) is 6.42. The Morgan fingerprint density at radius 2 is 2.05 bits per heavy atom. The van der Waals surface area contributed by atoms with Crippen LogP contribution in [0.25, 0.3) is 0 Å². The molecule has 2 aromatic rings. The Morgan fingerprint density at radius 3 is 2.76 bits per heavy atom. The molecule has 0 radical (unpaired) electrons. The van der Waals surface area contributed by atoms with Crippen molar-refractivity contribution < 1.29 is 4.74 Å². The minimum atomic E-state index is 0.296. The van der Waals surface area contributed by atoms with Gasteiger partial charge in [0.05, 0.1) is 0 Å². The highest BCUT2D eigenvalue weighted by atomic mass is 35.5. The zero-order chi connectivity index (χ0) is 15.2. The van der Waals surface area contributed by atoms with Crippen LogP contribution in [-0.2, 0) is 6.61 Å². The van der Waals surface area contributed by atoms with Crippen molar-refractivity contribution in [1.82, 2.24) is 9.97 Å². The molecule has 2 rings (SSSR count). The van der Waals surface area contributed by atoms with Gasteiger partial charge in [0.1, 0.15) is 12.4 Å². The molecule has 0 fully saturated rings. The Hall–Kier alpha value is -1.17. The van der Waals surface area contributed by atoms with Crippen molar-refractivity contribution in [3.05, 3.63) is 39.9 Å². The molecule has 0 aliphatic heterocycles. The molecule has 1 heterocycles. The van der Waals surface area contributed by atoms with E-state index in [1.54, 1.807) is 30.0 Å². The van der Waals surface area contributed by atoms with Crippen molar-refractivity contribution in [1.29, 1.82) is 0 Å². The number of benzene rings is 1. The summed E-state index contributed by atoms with van der Waals surface area (Å²) in [5.41, 5.74) is 6.60. The van der Waals surface area contributed by atoms with Crippen LogP contribution in [-0.4, -0.2) is 15.7 Å². The van der Waals surface area contributed by atoms with E-state index in [0.717, 1.165) is 17.7 Å². The van der Waals surface area contributed by atoms with Crippen LogP contribution in [0.2, 0.25) is 10.0 Å². The Bertz CT molecular complexity index is 625. The maximum atomic E-state index is 6.10. The fourth-order valence-electron chi connectivity index (χ4n) is 1.54. The molecule has 0 aliphatic rings. The van der Waals surface area contributed by atoms with Crippen LogP contribution in [0.3, 0.4) is 0 Å². The van der Waals surface area contributed by atoms with Gasteiger partial charge in [0.25, 0.3) is 0 Å². The van der Waals surface area contributed by atoms with Crippen molar-refractivity contribution in [3.8, 4) is 5.88 Å². The molecule has 0 spiro atoms. The fraction of sp³-hybridized carbons (Fsp3) is 0.286. The lowest BCUT2D eigenvalue weighted by molar-refractivity contribution is 0.291. The number of nitrogen functional groups attached to an aromatic ring is 1. The Kier molecular flexibility index (Phi) is 5.96. The molecule has 21 heavy (non-hydrogen) atoms. The van der Waals surface area contributed by atoms with Gasteiger partial charge in [-0.05, 0) is 18.6 Å². The highest BCUT2D eigenvalue weighted by Crippen LogP contribution is 2.24. The number of halogens is 2. The number of thioether (sulfide) groups is 1. The van der Waals surface area contributed by atoms with E-state index in [2.05, 4.69) is 16.9 Å². The first-order chi connectivity index (χ1) is 10.1. The van der Waals surface area contributed by atoms with Gasteiger partial charge >= 0.3 is 0 Å². The van der Waals surface area contributed by atoms with Gasteiger partial charge in [-0.2, -0.15) is 4.98 Å². The van der Waals surface area contributed by atoms with Crippen molar-refractivity contribution in [3.63, 3.8) is 0 Å². The number of ether oxygens (including phenoxy) is 1. The van der Waals surface area contributed by atoms with Crippen LogP contribution in [0.1, 0.15) is 18.9 Å². The van der Waals surface area contributed by atoms with E-state index in [1.165, 1.54) is 0 Å². The zero-order valence-electron chi connectivity index (χ0n) is 11.5. The van der Waals surface area contributed by atoms with Crippen LogP contribution in [0.15, 0.2) is 29.4 Å². The molecular weight excluding hydrogens is 329 g/mol. The first kappa shape index (κ1) is 16.2. The largest absolute Gasteiger partial charge is 0.473 e. The number of aromatic nitrogens is 2. The standard InChI is InChI=1S/C14H15Cl2N3OS/c1-2-5-21-14-18-12(17)7-13(19-14)20-8-9-3-4-10(15)6-11(9)16/h3-4,6-7H,2,5,8H2,1H3,(H2,17,18,19). The average Bonchev–Trinajstić information content (AvgIpc) is 2.43. The second-order valence-corrected chi connectivity index (χ2v) is 6.19.